The van der Waals surface area contributed by atoms with E-state index < -0.39 is 26.9 Å². The molecule has 4 nitrogen and oxygen atoms in total. The van der Waals surface area contributed by atoms with Gasteiger partial charge in [-0.2, -0.15) is 0 Å². The molecule has 0 bridgehead atoms. The minimum atomic E-state index is -3.53. The van der Waals surface area contributed by atoms with Gasteiger partial charge in [-0.3, -0.25) is 9.13 Å². The summed E-state index contributed by atoms with van der Waals surface area (Å²) in [6, 6.07) is 47.1. The highest BCUT2D eigenvalue weighted by atomic mass is 31.2. The summed E-state index contributed by atoms with van der Waals surface area (Å²) in [5.41, 5.74) is 0.872. The van der Waals surface area contributed by atoms with Crippen LogP contribution in [-0.4, -0.2) is 6.10 Å². The molecule has 5 aromatic rings. The van der Waals surface area contributed by atoms with E-state index in [9.17, 15) is 9.13 Å². The molecule has 0 aliphatic heterocycles. The van der Waals surface area contributed by atoms with Crippen LogP contribution in [0.1, 0.15) is 25.5 Å². The van der Waals surface area contributed by atoms with Crippen molar-refractivity contribution in [2.75, 3.05) is 0 Å². The first kappa shape index (κ1) is 29.0. The summed E-state index contributed by atoms with van der Waals surface area (Å²) >= 11 is 0. The number of rotatable bonds is 11. The Hall–Kier alpha value is -3.52. The molecule has 208 valence electrons. The first-order chi connectivity index (χ1) is 19.9. The van der Waals surface area contributed by atoms with Gasteiger partial charge in [-0.15, -0.1) is 0 Å². The van der Waals surface area contributed by atoms with Crippen molar-refractivity contribution >= 4 is 36.0 Å². The lowest BCUT2D eigenvalue weighted by Crippen LogP contribution is -2.30. The molecule has 0 saturated carbocycles. The highest BCUT2D eigenvalue weighted by Crippen LogP contribution is 2.53. The molecule has 0 aromatic heterocycles. The van der Waals surface area contributed by atoms with Gasteiger partial charge in [-0.25, -0.2) is 0 Å². The molecule has 0 aliphatic carbocycles. The molecule has 41 heavy (non-hydrogen) atoms. The second kappa shape index (κ2) is 13.0. The number of hydrogen-bond donors (Lipinski definition) is 0. The van der Waals surface area contributed by atoms with E-state index in [0.717, 1.165) is 5.56 Å². The van der Waals surface area contributed by atoms with E-state index in [-0.39, 0.29) is 5.92 Å². The van der Waals surface area contributed by atoms with Gasteiger partial charge in [0.15, 0.2) is 0 Å². The van der Waals surface area contributed by atoms with Gasteiger partial charge >= 0.3 is 0 Å². The van der Waals surface area contributed by atoms with Crippen LogP contribution < -0.4 is 21.2 Å². The Labute approximate surface area is 242 Å². The van der Waals surface area contributed by atoms with Gasteiger partial charge in [0.1, 0.15) is 0 Å². The van der Waals surface area contributed by atoms with Crippen LogP contribution >= 0.6 is 14.7 Å². The molecule has 0 amide bonds. The molecule has 0 spiro atoms. The SMILES string of the molecule is CC(OP(=O)(c1ccccc1)c1ccccc1)C(C)C(OP(=O)(c1ccccc1)c1ccccc1)c1ccccc1. The minimum absolute atomic E-state index is 0.320. The summed E-state index contributed by atoms with van der Waals surface area (Å²) in [4.78, 5) is 0. The Kier molecular flexibility index (Phi) is 9.18. The van der Waals surface area contributed by atoms with Crippen molar-refractivity contribution in [3.8, 4) is 0 Å². The quantitative estimate of drug-likeness (QED) is 0.151. The van der Waals surface area contributed by atoms with Gasteiger partial charge in [-0.1, -0.05) is 110 Å². The lowest BCUT2D eigenvalue weighted by Gasteiger charge is -2.34. The number of benzene rings is 5. The van der Waals surface area contributed by atoms with Gasteiger partial charge in [0.2, 0.25) is 0 Å². The lowest BCUT2D eigenvalue weighted by atomic mass is 9.93. The Bertz CT molecular complexity index is 1530. The van der Waals surface area contributed by atoms with Crippen LogP contribution in [0.5, 0.6) is 0 Å². The van der Waals surface area contributed by atoms with E-state index >= 15 is 0 Å². The van der Waals surface area contributed by atoms with Gasteiger partial charge in [-0.05, 0) is 61.0 Å². The molecule has 0 aliphatic rings. The van der Waals surface area contributed by atoms with E-state index in [4.69, 9.17) is 9.05 Å². The first-order valence-corrected chi connectivity index (χ1v) is 17.0. The molecule has 0 fully saturated rings. The summed E-state index contributed by atoms with van der Waals surface area (Å²) in [5.74, 6) is -0.320. The van der Waals surface area contributed by atoms with Crippen LogP contribution in [0.2, 0.25) is 0 Å². The monoisotopic (exact) mass is 580 g/mol. The summed E-state index contributed by atoms with van der Waals surface area (Å²) in [5, 5.41) is 2.49. The predicted molar refractivity (Wildman–Crippen MR) is 169 cm³/mol. The van der Waals surface area contributed by atoms with Gasteiger partial charge in [0, 0.05) is 27.1 Å². The van der Waals surface area contributed by atoms with Crippen molar-refractivity contribution in [1.82, 2.24) is 0 Å². The van der Waals surface area contributed by atoms with E-state index in [1.165, 1.54) is 0 Å². The molecule has 0 radical (unpaired) electrons. The van der Waals surface area contributed by atoms with Gasteiger partial charge in [0.05, 0.1) is 12.2 Å². The molecule has 5 aromatic carbocycles. The molecule has 5 rings (SSSR count). The Morgan fingerprint density at radius 3 is 1.07 bits per heavy atom. The highest BCUT2D eigenvalue weighted by molar-refractivity contribution is 7.74. The third-order valence-electron chi connectivity index (χ3n) is 7.31. The average molecular weight is 581 g/mol. The fourth-order valence-electron chi connectivity index (χ4n) is 4.88. The van der Waals surface area contributed by atoms with Crippen molar-refractivity contribution in [3.63, 3.8) is 0 Å². The fourth-order valence-corrected chi connectivity index (χ4v) is 9.51. The Morgan fingerprint density at radius 1 is 0.439 bits per heavy atom. The van der Waals surface area contributed by atoms with Crippen LogP contribution in [-0.2, 0) is 18.2 Å². The molecule has 0 N–H and O–H groups in total. The Morgan fingerprint density at radius 2 is 0.732 bits per heavy atom. The van der Waals surface area contributed by atoms with Gasteiger partial charge < -0.3 is 9.05 Å². The van der Waals surface area contributed by atoms with Crippen LogP contribution in [0.3, 0.4) is 0 Å². The molecule has 0 saturated heterocycles. The zero-order valence-corrected chi connectivity index (χ0v) is 25.0. The summed E-state index contributed by atoms with van der Waals surface area (Å²) < 4.78 is 43.0. The third kappa shape index (κ3) is 6.38. The molecule has 3 atom stereocenters. The summed E-state index contributed by atoms with van der Waals surface area (Å²) in [7, 11) is -6.99. The normalized spacial score (nSPS) is 14.2. The molecule has 0 heterocycles. The second-order valence-electron chi connectivity index (χ2n) is 10.1. The highest BCUT2D eigenvalue weighted by Gasteiger charge is 2.39. The van der Waals surface area contributed by atoms with Crippen LogP contribution in [0.4, 0.5) is 0 Å². The van der Waals surface area contributed by atoms with Crippen LogP contribution in [0.25, 0.3) is 0 Å². The predicted octanol–water partition coefficient (Wildman–Crippen LogP) is 7.64. The second-order valence-corrected chi connectivity index (χ2v) is 14.7. The fraction of sp³-hybridized carbons (Fsp3) is 0.143. The maximum atomic E-state index is 14.9. The standard InChI is InChI=1S/C35H34O4P2/c1-28(29(2)38-40(36,31-20-10-4-11-21-31)32-22-12-5-13-23-32)35(30-18-8-3-9-19-30)39-41(37,33-24-14-6-15-25-33)34-26-16-7-17-27-34/h3-29,35H,1-2H3. The largest absolute Gasteiger partial charge is 0.319 e. The molecular weight excluding hydrogens is 546 g/mol. The maximum absolute atomic E-state index is 14.9. The molecule has 3 unspecified atom stereocenters. The third-order valence-corrected chi connectivity index (χ3v) is 12.4. The first-order valence-electron chi connectivity index (χ1n) is 13.8. The summed E-state index contributed by atoms with van der Waals surface area (Å²) in [6.45, 7) is 3.92. The molecular formula is C35H34O4P2. The van der Waals surface area contributed by atoms with Crippen molar-refractivity contribution in [3.05, 3.63) is 157 Å². The maximum Gasteiger partial charge on any atom is 0.261 e. The molecule has 6 heteroatoms. The van der Waals surface area contributed by atoms with Crippen molar-refractivity contribution < 1.29 is 18.2 Å². The van der Waals surface area contributed by atoms with Crippen molar-refractivity contribution in [1.29, 1.82) is 0 Å². The van der Waals surface area contributed by atoms with E-state index in [1.807, 2.05) is 166 Å². The smallest absolute Gasteiger partial charge is 0.261 e. The minimum Gasteiger partial charge on any atom is -0.319 e. The van der Waals surface area contributed by atoms with Crippen molar-refractivity contribution in [2.45, 2.75) is 26.1 Å². The lowest BCUT2D eigenvalue weighted by molar-refractivity contribution is 0.0675. The summed E-state index contributed by atoms with van der Waals surface area (Å²) in [6.07, 6.45) is -1.14. The van der Waals surface area contributed by atoms with E-state index in [0.29, 0.717) is 21.2 Å². The average Bonchev–Trinajstić information content (AvgIpc) is 3.05. The van der Waals surface area contributed by atoms with Crippen LogP contribution in [0, 0.1) is 5.92 Å². The zero-order valence-electron chi connectivity index (χ0n) is 23.2. The number of hydrogen-bond acceptors (Lipinski definition) is 4. The van der Waals surface area contributed by atoms with E-state index in [2.05, 4.69) is 0 Å². The topological polar surface area (TPSA) is 52.6 Å². The Balaban J connectivity index is 1.55. The zero-order chi connectivity index (χ0) is 28.7. The van der Waals surface area contributed by atoms with Crippen molar-refractivity contribution in [2.24, 2.45) is 5.92 Å². The van der Waals surface area contributed by atoms with Gasteiger partial charge in [0.25, 0.3) is 14.7 Å². The van der Waals surface area contributed by atoms with E-state index in [1.54, 1.807) is 0 Å². The van der Waals surface area contributed by atoms with Crippen LogP contribution in [0.15, 0.2) is 152 Å².